The average Bonchev–Trinajstić information content (AvgIpc) is 2.15. The number of carbonyl (C=O) groups is 2. The number of carboxylic acid groups (broad SMARTS) is 1. The van der Waals surface area contributed by atoms with Crippen LogP contribution in [0, 0.1) is 0 Å². The van der Waals surface area contributed by atoms with Crippen molar-refractivity contribution in [3.63, 3.8) is 0 Å². The molecule has 0 aromatic rings. The van der Waals surface area contributed by atoms with Gasteiger partial charge in [-0.15, -0.1) is 0 Å². The molecule has 1 heterocycles. The van der Waals surface area contributed by atoms with Gasteiger partial charge in [-0.2, -0.15) is 13.2 Å². The molecule has 1 unspecified atom stereocenters. The lowest BCUT2D eigenvalue weighted by Gasteiger charge is -2.34. The molecular formula is C9H10F3NO3. The zero-order chi connectivity index (χ0) is 12.5. The van der Waals surface area contributed by atoms with Crippen molar-refractivity contribution >= 4 is 11.9 Å². The monoisotopic (exact) mass is 237 g/mol. The van der Waals surface area contributed by atoms with Gasteiger partial charge in [-0.3, -0.25) is 4.79 Å². The highest BCUT2D eigenvalue weighted by molar-refractivity contribution is 5.87. The van der Waals surface area contributed by atoms with Gasteiger partial charge in [-0.1, -0.05) is 12.2 Å². The Hall–Kier alpha value is -1.53. The summed E-state index contributed by atoms with van der Waals surface area (Å²) >= 11 is 0. The Morgan fingerprint density at radius 2 is 2.00 bits per heavy atom. The predicted molar refractivity (Wildman–Crippen MR) is 47.6 cm³/mol. The average molecular weight is 237 g/mol. The number of hydrogen-bond acceptors (Lipinski definition) is 2. The van der Waals surface area contributed by atoms with Crippen LogP contribution in [-0.2, 0) is 9.59 Å². The van der Waals surface area contributed by atoms with Gasteiger partial charge in [0.05, 0.1) is 0 Å². The number of likely N-dealkylation sites (tertiary alicyclic amines) is 1. The number of halogens is 3. The Kier molecular flexibility index (Phi) is 3.25. The van der Waals surface area contributed by atoms with E-state index in [1.54, 1.807) is 0 Å². The molecule has 0 spiro atoms. The fraction of sp³-hybridized carbons (Fsp3) is 0.556. The first-order valence-corrected chi connectivity index (χ1v) is 4.50. The summed E-state index contributed by atoms with van der Waals surface area (Å²) in [7, 11) is 0. The maximum Gasteiger partial charge on any atom is 0.471 e. The topological polar surface area (TPSA) is 57.6 Å². The van der Waals surface area contributed by atoms with Crippen LogP contribution in [0.5, 0.6) is 0 Å². The first-order chi connectivity index (χ1) is 7.23. The molecule has 0 aliphatic carbocycles. The van der Waals surface area contributed by atoms with Crippen LogP contribution < -0.4 is 0 Å². The Bertz CT molecular complexity index is 337. The third-order valence-electron chi connectivity index (χ3n) is 2.35. The molecule has 0 radical (unpaired) electrons. The Morgan fingerprint density at radius 3 is 2.44 bits per heavy atom. The Morgan fingerprint density at radius 1 is 1.44 bits per heavy atom. The van der Waals surface area contributed by atoms with Gasteiger partial charge in [-0.25, -0.2) is 4.79 Å². The van der Waals surface area contributed by atoms with E-state index in [4.69, 9.17) is 5.11 Å². The minimum Gasteiger partial charge on any atom is -0.480 e. The van der Waals surface area contributed by atoms with Crippen LogP contribution in [0.1, 0.15) is 12.8 Å². The van der Waals surface area contributed by atoms with E-state index in [2.05, 4.69) is 6.58 Å². The molecule has 1 atom stereocenters. The zero-order valence-corrected chi connectivity index (χ0v) is 8.25. The van der Waals surface area contributed by atoms with E-state index in [9.17, 15) is 22.8 Å². The largest absolute Gasteiger partial charge is 0.480 e. The highest BCUT2D eigenvalue weighted by Gasteiger charge is 2.47. The minimum absolute atomic E-state index is 0.128. The molecule has 90 valence electrons. The number of hydrogen-bond donors (Lipinski definition) is 1. The van der Waals surface area contributed by atoms with E-state index >= 15 is 0 Å². The number of amides is 1. The van der Waals surface area contributed by atoms with E-state index in [-0.39, 0.29) is 19.4 Å². The summed E-state index contributed by atoms with van der Waals surface area (Å²) in [5.41, 5.74) is 0.540. The second-order valence-electron chi connectivity index (χ2n) is 3.55. The number of carbonyl (C=O) groups excluding carboxylic acids is 1. The molecule has 4 nitrogen and oxygen atoms in total. The van der Waals surface area contributed by atoms with Crippen LogP contribution in [0.3, 0.4) is 0 Å². The summed E-state index contributed by atoms with van der Waals surface area (Å²) in [5, 5.41) is 8.74. The fourth-order valence-electron chi connectivity index (χ4n) is 1.55. The number of piperidine rings is 1. The molecule has 1 N–H and O–H groups in total. The molecule has 16 heavy (non-hydrogen) atoms. The second-order valence-corrected chi connectivity index (χ2v) is 3.55. The molecular weight excluding hydrogens is 227 g/mol. The third-order valence-corrected chi connectivity index (χ3v) is 2.35. The number of nitrogens with zero attached hydrogens (tertiary/aromatic N) is 1. The lowest BCUT2D eigenvalue weighted by molar-refractivity contribution is -0.190. The van der Waals surface area contributed by atoms with Gasteiger partial charge in [0.15, 0.2) is 0 Å². The van der Waals surface area contributed by atoms with Gasteiger partial charge in [0.1, 0.15) is 6.04 Å². The van der Waals surface area contributed by atoms with Crippen molar-refractivity contribution in [2.75, 3.05) is 6.54 Å². The smallest absolute Gasteiger partial charge is 0.471 e. The van der Waals surface area contributed by atoms with Crippen LogP contribution >= 0.6 is 0 Å². The van der Waals surface area contributed by atoms with Crippen molar-refractivity contribution < 1.29 is 27.9 Å². The molecule has 0 aromatic carbocycles. The normalized spacial score (nSPS) is 22.1. The van der Waals surface area contributed by atoms with Gasteiger partial charge in [0.2, 0.25) is 0 Å². The summed E-state index contributed by atoms with van der Waals surface area (Å²) in [5.74, 6) is -3.55. The van der Waals surface area contributed by atoms with Gasteiger partial charge in [0.25, 0.3) is 0 Å². The molecule has 1 aliphatic rings. The van der Waals surface area contributed by atoms with Crippen molar-refractivity contribution in [1.82, 2.24) is 4.90 Å². The molecule has 1 rings (SSSR count). The summed E-state index contributed by atoms with van der Waals surface area (Å²) in [6.45, 7) is 3.26. The highest BCUT2D eigenvalue weighted by atomic mass is 19.4. The maximum absolute atomic E-state index is 12.2. The predicted octanol–water partition coefficient (Wildman–Crippen LogP) is 1.18. The van der Waals surface area contributed by atoms with Crippen molar-refractivity contribution in [3.05, 3.63) is 12.2 Å². The van der Waals surface area contributed by atoms with Crippen molar-refractivity contribution in [2.45, 2.75) is 25.1 Å². The number of rotatable bonds is 1. The lowest BCUT2D eigenvalue weighted by Crippen LogP contribution is -2.52. The minimum atomic E-state index is -5.04. The van der Waals surface area contributed by atoms with E-state index in [0.29, 0.717) is 10.5 Å². The molecule has 1 fully saturated rings. The lowest BCUT2D eigenvalue weighted by atomic mass is 9.98. The van der Waals surface area contributed by atoms with Gasteiger partial charge in [0, 0.05) is 6.54 Å². The van der Waals surface area contributed by atoms with Crippen LogP contribution in [0.4, 0.5) is 13.2 Å². The van der Waals surface area contributed by atoms with Crippen LogP contribution in [-0.4, -0.2) is 40.6 Å². The number of alkyl halides is 3. The van der Waals surface area contributed by atoms with Crippen molar-refractivity contribution in [2.24, 2.45) is 0 Å². The molecule has 7 heteroatoms. The fourth-order valence-corrected chi connectivity index (χ4v) is 1.55. The van der Waals surface area contributed by atoms with E-state index in [0.717, 1.165) is 0 Å². The Labute approximate surface area is 89.3 Å². The number of carboxylic acids is 1. The van der Waals surface area contributed by atoms with Gasteiger partial charge >= 0.3 is 18.1 Å². The standard InChI is InChI=1S/C9H10F3NO3/c1-5-2-3-13(6(4-5)7(14)15)8(16)9(10,11)12/h6H,1-4H2,(H,14,15). The van der Waals surface area contributed by atoms with Crippen LogP contribution in [0.25, 0.3) is 0 Å². The van der Waals surface area contributed by atoms with Crippen molar-refractivity contribution in [1.29, 1.82) is 0 Å². The summed E-state index contributed by atoms with van der Waals surface area (Å²) in [4.78, 5) is 22.0. The highest BCUT2D eigenvalue weighted by Crippen LogP contribution is 2.26. The molecule has 0 bridgehead atoms. The third kappa shape index (κ3) is 2.53. The van der Waals surface area contributed by atoms with Gasteiger partial charge < -0.3 is 10.0 Å². The Balaban J connectivity index is 2.89. The molecule has 0 saturated carbocycles. The van der Waals surface area contributed by atoms with E-state index in [1.165, 1.54) is 0 Å². The maximum atomic E-state index is 12.2. The van der Waals surface area contributed by atoms with E-state index < -0.39 is 24.1 Å². The number of aliphatic carboxylic acids is 1. The van der Waals surface area contributed by atoms with Crippen LogP contribution in [0.2, 0.25) is 0 Å². The van der Waals surface area contributed by atoms with Crippen LogP contribution in [0.15, 0.2) is 12.2 Å². The summed E-state index contributed by atoms with van der Waals surface area (Å²) < 4.78 is 36.5. The second kappa shape index (κ2) is 4.15. The first kappa shape index (κ1) is 12.5. The van der Waals surface area contributed by atoms with E-state index in [1.807, 2.05) is 0 Å². The molecule has 1 amide bonds. The quantitative estimate of drug-likeness (QED) is 0.697. The summed E-state index contributed by atoms with van der Waals surface area (Å²) in [6, 6.07) is -1.46. The first-order valence-electron chi connectivity index (χ1n) is 4.50. The van der Waals surface area contributed by atoms with Gasteiger partial charge in [-0.05, 0) is 12.8 Å². The SMILES string of the molecule is C=C1CCN(C(=O)C(F)(F)F)C(C(=O)O)C1. The molecule has 0 aromatic heterocycles. The molecule has 1 aliphatic heterocycles. The molecule has 1 saturated heterocycles. The van der Waals surface area contributed by atoms with Crippen molar-refractivity contribution in [3.8, 4) is 0 Å². The zero-order valence-electron chi connectivity index (χ0n) is 8.25. The summed E-state index contributed by atoms with van der Waals surface area (Å²) in [6.07, 6.45) is -4.96.